The van der Waals surface area contributed by atoms with Gasteiger partial charge < -0.3 is 30.3 Å². The summed E-state index contributed by atoms with van der Waals surface area (Å²) in [4.78, 5) is 14.8. The zero-order valence-corrected chi connectivity index (χ0v) is 20.3. The summed E-state index contributed by atoms with van der Waals surface area (Å²) in [6.07, 6.45) is 4.53. The molecule has 176 valence electrons. The summed E-state index contributed by atoms with van der Waals surface area (Å²) in [5.74, 6) is 2.07. The van der Waals surface area contributed by atoms with E-state index in [1.807, 2.05) is 36.6 Å². The zero-order valence-electron chi connectivity index (χ0n) is 19.5. The van der Waals surface area contributed by atoms with Crippen molar-refractivity contribution in [3.8, 4) is 11.5 Å². The molecule has 33 heavy (non-hydrogen) atoms. The maximum Gasteiger partial charge on any atom is 0.163 e. The zero-order chi connectivity index (χ0) is 23.2. The average molecular weight is 469 g/mol. The largest absolute Gasteiger partial charge is 0.493 e. The minimum Gasteiger partial charge on any atom is -0.493 e. The number of piperazine rings is 1. The van der Waals surface area contributed by atoms with Crippen LogP contribution in [0.15, 0.2) is 41.6 Å². The molecule has 0 amide bonds. The molecule has 1 saturated heterocycles. The minimum absolute atomic E-state index is 0.632. The molecule has 9 heteroatoms. The number of ether oxygens (including phenoxy) is 2. The van der Waals surface area contributed by atoms with Crippen LogP contribution in [0.25, 0.3) is 10.9 Å². The van der Waals surface area contributed by atoms with Crippen LogP contribution < -0.4 is 20.5 Å². The molecule has 0 unspecified atom stereocenters. The number of fused-ring (bicyclic) bond motifs is 1. The normalized spacial score (nSPS) is 15.0. The van der Waals surface area contributed by atoms with E-state index in [-0.39, 0.29) is 0 Å². The third-order valence-electron chi connectivity index (χ3n) is 5.89. The molecule has 2 heterocycles. The van der Waals surface area contributed by atoms with Gasteiger partial charge in [0.25, 0.3) is 0 Å². The third-order valence-corrected chi connectivity index (χ3v) is 6.68. The SMILES string of the molecule is COc1cc2c(Nc3ccc(N)c(SC)c3)ncnc2cc1OCCCN1CCN(C)CC1. The molecule has 0 saturated carbocycles. The molecule has 1 aliphatic heterocycles. The van der Waals surface area contributed by atoms with Crippen molar-refractivity contribution in [1.29, 1.82) is 0 Å². The van der Waals surface area contributed by atoms with Crippen molar-refractivity contribution in [3.63, 3.8) is 0 Å². The summed E-state index contributed by atoms with van der Waals surface area (Å²) in [5.41, 5.74) is 8.50. The van der Waals surface area contributed by atoms with E-state index in [2.05, 4.69) is 32.1 Å². The highest BCUT2D eigenvalue weighted by molar-refractivity contribution is 7.98. The first kappa shape index (κ1) is 23.4. The van der Waals surface area contributed by atoms with Crippen LogP contribution in [-0.4, -0.2) is 79.5 Å². The van der Waals surface area contributed by atoms with Crippen molar-refractivity contribution in [3.05, 3.63) is 36.7 Å². The van der Waals surface area contributed by atoms with Gasteiger partial charge in [0.05, 0.1) is 19.2 Å². The molecule has 4 rings (SSSR count). The highest BCUT2D eigenvalue weighted by atomic mass is 32.2. The lowest BCUT2D eigenvalue weighted by molar-refractivity contribution is 0.145. The van der Waals surface area contributed by atoms with Crippen LogP contribution in [0.5, 0.6) is 11.5 Å². The number of nitrogen functional groups attached to an aromatic ring is 1. The molecule has 0 atom stereocenters. The van der Waals surface area contributed by atoms with Gasteiger partial charge in [0.2, 0.25) is 0 Å². The quantitative estimate of drug-likeness (QED) is 0.277. The number of thioether (sulfide) groups is 1. The van der Waals surface area contributed by atoms with Crippen molar-refractivity contribution >= 4 is 39.9 Å². The van der Waals surface area contributed by atoms with Crippen molar-refractivity contribution in [2.45, 2.75) is 11.3 Å². The third kappa shape index (κ3) is 5.79. The average Bonchev–Trinajstić information content (AvgIpc) is 2.83. The van der Waals surface area contributed by atoms with Crippen LogP contribution in [0.2, 0.25) is 0 Å². The summed E-state index contributed by atoms with van der Waals surface area (Å²) >= 11 is 1.61. The number of hydrogen-bond donors (Lipinski definition) is 2. The maximum atomic E-state index is 6.09. The molecule has 1 aromatic heterocycles. The monoisotopic (exact) mass is 468 g/mol. The van der Waals surface area contributed by atoms with Crippen LogP contribution in [0, 0.1) is 0 Å². The van der Waals surface area contributed by atoms with Crippen LogP contribution in [0.1, 0.15) is 6.42 Å². The van der Waals surface area contributed by atoms with Crippen molar-refractivity contribution in [1.82, 2.24) is 19.8 Å². The van der Waals surface area contributed by atoms with Gasteiger partial charge in [0.15, 0.2) is 11.5 Å². The molecule has 0 bridgehead atoms. The second kappa shape index (κ2) is 10.9. The first-order valence-electron chi connectivity index (χ1n) is 11.1. The van der Waals surface area contributed by atoms with Crippen LogP contribution in [0.3, 0.4) is 0 Å². The molecule has 2 aromatic carbocycles. The Morgan fingerprint density at radius 2 is 1.91 bits per heavy atom. The molecule has 8 nitrogen and oxygen atoms in total. The van der Waals surface area contributed by atoms with Crippen LogP contribution in [-0.2, 0) is 0 Å². The molecule has 0 aliphatic carbocycles. The van der Waals surface area contributed by atoms with E-state index < -0.39 is 0 Å². The fourth-order valence-corrected chi connectivity index (χ4v) is 4.45. The lowest BCUT2D eigenvalue weighted by atomic mass is 10.2. The number of nitrogens with zero attached hydrogens (tertiary/aromatic N) is 4. The Kier molecular flexibility index (Phi) is 7.74. The van der Waals surface area contributed by atoms with Gasteiger partial charge in [0.1, 0.15) is 12.1 Å². The van der Waals surface area contributed by atoms with Gasteiger partial charge in [0, 0.05) is 60.4 Å². The summed E-state index contributed by atoms with van der Waals surface area (Å²) in [6.45, 7) is 6.17. The fraction of sp³-hybridized carbons (Fsp3) is 0.417. The molecule has 3 aromatic rings. The molecular weight excluding hydrogens is 436 g/mol. The number of benzene rings is 2. The topological polar surface area (TPSA) is 88.8 Å². The van der Waals surface area contributed by atoms with Gasteiger partial charge in [-0.05, 0) is 44.0 Å². The Hall–Kier alpha value is -2.75. The number of aromatic nitrogens is 2. The first-order chi connectivity index (χ1) is 16.1. The standard InChI is InChI=1S/C24H32N6O2S/c1-29-8-10-30(11-9-29)7-4-12-32-22-15-20-18(14-21(22)31-2)24(27-16-26-20)28-17-5-6-19(25)23(13-17)33-3/h5-6,13-16H,4,7-12,25H2,1-3H3,(H,26,27,28). The Labute approximate surface area is 199 Å². The van der Waals surface area contributed by atoms with E-state index in [0.717, 1.165) is 66.3 Å². The predicted octanol–water partition coefficient (Wildman–Crippen LogP) is 3.70. The van der Waals surface area contributed by atoms with Gasteiger partial charge >= 0.3 is 0 Å². The summed E-state index contributed by atoms with van der Waals surface area (Å²) < 4.78 is 11.7. The Balaban J connectivity index is 1.46. The minimum atomic E-state index is 0.632. The van der Waals surface area contributed by atoms with Gasteiger partial charge in [-0.2, -0.15) is 0 Å². The Bertz CT molecular complexity index is 1090. The summed E-state index contributed by atoms with van der Waals surface area (Å²) in [5, 5.41) is 4.25. The van der Waals surface area contributed by atoms with E-state index in [0.29, 0.717) is 23.9 Å². The highest BCUT2D eigenvalue weighted by Gasteiger charge is 2.15. The fourth-order valence-electron chi connectivity index (χ4n) is 3.90. The van der Waals surface area contributed by atoms with Crippen LogP contribution >= 0.6 is 11.8 Å². The van der Waals surface area contributed by atoms with Crippen molar-refractivity contribution in [2.75, 3.05) is 70.8 Å². The van der Waals surface area contributed by atoms with Crippen LogP contribution in [0.4, 0.5) is 17.2 Å². The molecule has 1 fully saturated rings. The van der Waals surface area contributed by atoms with E-state index in [1.54, 1.807) is 25.2 Å². The lowest BCUT2D eigenvalue weighted by Crippen LogP contribution is -2.44. The number of nitrogens with two attached hydrogens (primary N) is 1. The van der Waals surface area contributed by atoms with Crippen molar-refractivity contribution in [2.24, 2.45) is 0 Å². The molecule has 3 N–H and O–H groups in total. The number of methoxy groups -OCH3 is 1. The first-order valence-corrected chi connectivity index (χ1v) is 12.4. The smallest absolute Gasteiger partial charge is 0.163 e. The van der Waals surface area contributed by atoms with Gasteiger partial charge in [-0.3, -0.25) is 0 Å². The van der Waals surface area contributed by atoms with Gasteiger partial charge in [-0.1, -0.05) is 0 Å². The predicted molar refractivity (Wildman–Crippen MR) is 136 cm³/mol. The maximum absolute atomic E-state index is 6.09. The number of hydrogen-bond acceptors (Lipinski definition) is 9. The Morgan fingerprint density at radius 1 is 1.09 bits per heavy atom. The number of likely N-dealkylation sites (N-methyl/N-ethyl adjacent to an activating group) is 1. The molecule has 1 aliphatic rings. The van der Waals surface area contributed by atoms with E-state index in [1.165, 1.54) is 0 Å². The number of rotatable bonds is 9. The number of anilines is 3. The van der Waals surface area contributed by atoms with E-state index in [9.17, 15) is 0 Å². The van der Waals surface area contributed by atoms with E-state index in [4.69, 9.17) is 15.2 Å². The van der Waals surface area contributed by atoms with E-state index >= 15 is 0 Å². The summed E-state index contributed by atoms with van der Waals surface area (Å²) in [6, 6.07) is 9.71. The highest BCUT2D eigenvalue weighted by Crippen LogP contribution is 2.35. The molecule has 0 radical (unpaired) electrons. The molecular formula is C24H32N6O2S. The number of nitrogens with one attached hydrogen (secondary N) is 1. The molecule has 0 spiro atoms. The van der Waals surface area contributed by atoms with Crippen molar-refractivity contribution < 1.29 is 9.47 Å². The van der Waals surface area contributed by atoms with Gasteiger partial charge in [-0.15, -0.1) is 11.8 Å². The lowest BCUT2D eigenvalue weighted by Gasteiger charge is -2.32. The second-order valence-electron chi connectivity index (χ2n) is 8.17. The second-order valence-corrected chi connectivity index (χ2v) is 9.02. The Morgan fingerprint density at radius 3 is 2.67 bits per heavy atom. The van der Waals surface area contributed by atoms with Gasteiger partial charge in [-0.25, -0.2) is 9.97 Å². The summed E-state index contributed by atoms with van der Waals surface area (Å²) in [7, 11) is 3.83.